The van der Waals surface area contributed by atoms with Crippen molar-refractivity contribution in [2.45, 2.75) is 6.18 Å². The highest BCUT2D eigenvalue weighted by molar-refractivity contribution is 5.95. The summed E-state index contributed by atoms with van der Waals surface area (Å²) >= 11 is 0. The van der Waals surface area contributed by atoms with Crippen molar-refractivity contribution in [3.05, 3.63) is 66.1 Å². The summed E-state index contributed by atoms with van der Waals surface area (Å²) in [6.45, 7) is 0. The normalized spacial score (nSPS) is 11.5. The zero-order valence-corrected chi connectivity index (χ0v) is 12.8. The Bertz CT molecular complexity index is 930. The minimum Gasteiger partial charge on any atom is -0.383 e. The summed E-state index contributed by atoms with van der Waals surface area (Å²) in [5.74, 6) is -0.642. The third-order valence-electron chi connectivity index (χ3n) is 3.71. The Hall–Kier alpha value is -3.29. The van der Waals surface area contributed by atoms with Gasteiger partial charge in [0, 0.05) is 5.69 Å². The lowest BCUT2D eigenvalue weighted by Gasteiger charge is -2.10. The Morgan fingerprint density at radius 1 is 1.04 bits per heavy atom. The van der Waals surface area contributed by atoms with Crippen LogP contribution in [-0.2, 0) is 6.18 Å². The number of primary amides is 1. The summed E-state index contributed by atoms with van der Waals surface area (Å²) in [4.78, 5) is 15.0. The fourth-order valence-corrected chi connectivity index (χ4v) is 2.44. The largest absolute Gasteiger partial charge is 0.416 e. The van der Waals surface area contributed by atoms with Gasteiger partial charge >= 0.3 is 6.18 Å². The molecule has 25 heavy (non-hydrogen) atoms. The zero-order chi connectivity index (χ0) is 18.2. The number of anilines is 1. The fourth-order valence-electron chi connectivity index (χ4n) is 2.44. The van der Waals surface area contributed by atoms with E-state index >= 15 is 0 Å². The van der Waals surface area contributed by atoms with Crippen LogP contribution in [0, 0.1) is 0 Å². The maximum atomic E-state index is 12.8. The molecule has 0 aliphatic heterocycles. The predicted octanol–water partition coefficient (Wildman–Crippen LogP) is 3.24. The SMILES string of the molecule is NC(=O)c1ncn(-c2ccc(-c3cccc(C(F)(F)F)c3)cc2)c1N. The van der Waals surface area contributed by atoms with Crippen molar-refractivity contribution < 1.29 is 18.0 Å². The van der Waals surface area contributed by atoms with Gasteiger partial charge < -0.3 is 11.5 Å². The van der Waals surface area contributed by atoms with Gasteiger partial charge in [-0.05, 0) is 35.4 Å². The lowest BCUT2D eigenvalue weighted by Crippen LogP contribution is -2.14. The number of carbonyl (C=O) groups excluding carboxylic acids is 1. The van der Waals surface area contributed by atoms with Crippen LogP contribution in [0.1, 0.15) is 16.1 Å². The molecule has 3 rings (SSSR count). The van der Waals surface area contributed by atoms with Gasteiger partial charge in [0.1, 0.15) is 12.1 Å². The van der Waals surface area contributed by atoms with Crippen LogP contribution in [0.5, 0.6) is 0 Å². The first kappa shape index (κ1) is 16.6. The highest BCUT2D eigenvalue weighted by Gasteiger charge is 2.30. The number of hydrogen-bond acceptors (Lipinski definition) is 3. The van der Waals surface area contributed by atoms with Gasteiger partial charge in [-0.25, -0.2) is 4.98 Å². The van der Waals surface area contributed by atoms with Gasteiger partial charge in [-0.3, -0.25) is 9.36 Å². The topological polar surface area (TPSA) is 86.9 Å². The van der Waals surface area contributed by atoms with Crippen molar-refractivity contribution in [2.75, 3.05) is 5.73 Å². The molecule has 0 atom stereocenters. The van der Waals surface area contributed by atoms with E-state index in [4.69, 9.17) is 11.5 Å². The van der Waals surface area contributed by atoms with Crippen LogP contribution in [0.4, 0.5) is 19.0 Å². The second-order valence-electron chi connectivity index (χ2n) is 5.34. The Morgan fingerprint density at radius 3 is 2.28 bits per heavy atom. The third kappa shape index (κ3) is 3.18. The number of rotatable bonds is 3. The van der Waals surface area contributed by atoms with Crippen LogP contribution in [0.3, 0.4) is 0 Å². The highest BCUT2D eigenvalue weighted by Crippen LogP contribution is 2.32. The monoisotopic (exact) mass is 346 g/mol. The summed E-state index contributed by atoms with van der Waals surface area (Å²) in [7, 11) is 0. The molecular weight excluding hydrogens is 333 g/mol. The second kappa shape index (κ2) is 5.97. The molecule has 4 N–H and O–H groups in total. The van der Waals surface area contributed by atoms with Gasteiger partial charge in [0.2, 0.25) is 0 Å². The van der Waals surface area contributed by atoms with Crippen molar-refractivity contribution in [3.63, 3.8) is 0 Å². The molecule has 0 aliphatic carbocycles. The summed E-state index contributed by atoms with van der Waals surface area (Å²) < 4.78 is 39.9. The summed E-state index contributed by atoms with van der Waals surface area (Å²) in [6.07, 6.45) is -3.04. The molecule has 1 aromatic heterocycles. The number of benzene rings is 2. The Kier molecular flexibility index (Phi) is 3.96. The number of hydrogen-bond donors (Lipinski definition) is 2. The molecule has 0 saturated heterocycles. The van der Waals surface area contributed by atoms with E-state index in [-0.39, 0.29) is 11.5 Å². The number of amides is 1. The number of alkyl halides is 3. The first-order valence-electron chi connectivity index (χ1n) is 7.18. The number of halogens is 3. The number of carbonyl (C=O) groups is 1. The van der Waals surface area contributed by atoms with Crippen LogP contribution in [0.2, 0.25) is 0 Å². The van der Waals surface area contributed by atoms with E-state index in [1.54, 1.807) is 30.3 Å². The quantitative estimate of drug-likeness (QED) is 0.763. The van der Waals surface area contributed by atoms with E-state index in [1.807, 2.05) is 0 Å². The standard InChI is InChI=1S/C17H13F3N4O/c18-17(19,20)12-3-1-2-11(8-12)10-4-6-13(7-5-10)24-9-23-14(15(24)21)16(22)25/h1-9H,21H2,(H2,22,25). The van der Waals surface area contributed by atoms with Gasteiger partial charge in [-0.15, -0.1) is 0 Å². The van der Waals surface area contributed by atoms with Crippen molar-refractivity contribution in [1.29, 1.82) is 0 Å². The van der Waals surface area contributed by atoms with E-state index in [1.165, 1.54) is 17.0 Å². The van der Waals surface area contributed by atoms with Gasteiger partial charge in [0.05, 0.1) is 5.56 Å². The molecule has 8 heteroatoms. The molecule has 1 amide bonds. The molecule has 1 heterocycles. The van der Waals surface area contributed by atoms with Crippen molar-refractivity contribution >= 4 is 11.7 Å². The third-order valence-corrected chi connectivity index (χ3v) is 3.71. The predicted molar refractivity (Wildman–Crippen MR) is 86.9 cm³/mol. The number of imidazole rings is 1. The van der Waals surface area contributed by atoms with Gasteiger partial charge in [0.15, 0.2) is 5.69 Å². The first-order valence-corrected chi connectivity index (χ1v) is 7.18. The molecule has 0 aliphatic rings. The Labute approximate surface area is 140 Å². The summed E-state index contributed by atoms with van der Waals surface area (Å²) in [6, 6.07) is 11.7. The van der Waals surface area contributed by atoms with Crippen molar-refractivity contribution in [1.82, 2.24) is 9.55 Å². The maximum absolute atomic E-state index is 12.8. The molecule has 0 spiro atoms. The van der Waals surface area contributed by atoms with Crippen molar-refractivity contribution in [3.8, 4) is 16.8 Å². The van der Waals surface area contributed by atoms with E-state index in [0.29, 0.717) is 16.8 Å². The molecule has 0 radical (unpaired) electrons. The minimum absolute atomic E-state index is 0.0399. The Balaban J connectivity index is 1.95. The minimum atomic E-state index is -4.40. The molecule has 0 unspecified atom stereocenters. The number of nitrogens with two attached hydrogens (primary N) is 2. The average Bonchev–Trinajstić information content (AvgIpc) is 2.96. The lowest BCUT2D eigenvalue weighted by molar-refractivity contribution is -0.137. The number of nitrogens with zero attached hydrogens (tertiary/aromatic N) is 2. The molecule has 5 nitrogen and oxygen atoms in total. The summed E-state index contributed by atoms with van der Waals surface area (Å²) in [5.41, 5.74) is 11.9. The van der Waals surface area contributed by atoms with Gasteiger partial charge in [-0.2, -0.15) is 13.2 Å². The first-order chi connectivity index (χ1) is 11.8. The van der Waals surface area contributed by atoms with Gasteiger partial charge in [0.25, 0.3) is 5.91 Å². The smallest absolute Gasteiger partial charge is 0.383 e. The number of aromatic nitrogens is 2. The average molecular weight is 346 g/mol. The Morgan fingerprint density at radius 2 is 1.72 bits per heavy atom. The summed E-state index contributed by atoms with van der Waals surface area (Å²) in [5, 5.41) is 0. The molecule has 0 bridgehead atoms. The van der Waals surface area contributed by atoms with Crippen LogP contribution in [-0.4, -0.2) is 15.5 Å². The van der Waals surface area contributed by atoms with E-state index in [0.717, 1.165) is 12.1 Å². The molecule has 0 saturated carbocycles. The van der Waals surface area contributed by atoms with Crippen molar-refractivity contribution in [2.24, 2.45) is 5.73 Å². The van der Waals surface area contributed by atoms with Crippen LogP contribution >= 0.6 is 0 Å². The molecular formula is C17H13F3N4O. The van der Waals surface area contributed by atoms with Crippen LogP contribution < -0.4 is 11.5 Å². The molecule has 128 valence electrons. The molecule has 3 aromatic rings. The lowest BCUT2D eigenvalue weighted by atomic mass is 10.0. The zero-order valence-electron chi connectivity index (χ0n) is 12.8. The van der Waals surface area contributed by atoms with Crippen LogP contribution in [0.25, 0.3) is 16.8 Å². The fraction of sp³-hybridized carbons (Fsp3) is 0.0588. The van der Waals surface area contributed by atoms with E-state index in [9.17, 15) is 18.0 Å². The van der Waals surface area contributed by atoms with E-state index < -0.39 is 17.6 Å². The highest BCUT2D eigenvalue weighted by atomic mass is 19.4. The second-order valence-corrected chi connectivity index (χ2v) is 5.34. The maximum Gasteiger partial charge on any atom is 0.416 e. The van der Waals surface area contributed by atoms with Crippen LogP contribution in [0.15, 0.2) is 54.9 Å². The number of nitrogen functional groups attached to an aromatic ring is 1. The van der Waals surface area contributed by atoms with E-state index in [2.05, 4.69) is 4.98 Å². The van der Waals surface area contributed by atoms with Gasteiger partial charge in [-0.1, -0.05) is 24.3 Å². The molecule has 2 aromatic carbocycles. The molecule has 0 fully saturated rings.